The number of nitrogens with zero attached hydrogens (tertiary/aromatic N) is 1. The van der Waals surface area contributed by atoms with Crippen molar-refractivity contribution in [3.05, 3.63) is 76.3 Å². The van der Waals surface area contributed by atoms with Crippen LogP contribution in [-0.2, 0) is 0 Å². The number of rotatable bonds is 3. The number of hydrogen-bond acceptors (Lipinski definition) is 5. The first-order chi connectivity index (χ1) is 11.6. The van der Waals surface area contributed by atoms with Crippen LogP contribution in [0.1, 0.15) is 5.56 Å². The molecule has 0 radical (unpaired) electrons. The Morgan fingerprint density at radius 2 is 1.75 bits per heavy atom. The average Bonchev–Trinajstić information content (AvgIpc) is 2.62. The third kappa shape index (κ3) is 3.86. The normalized spacial score (nSPS) is 9.71. The Balaban J connectivity index is 0.000000177. The summed E-state index contributed by atoms with van der Waals surface area (Å²) in [6.45, 7) is 0. The van der Waals surface area contributed by atoms with Crippen LogP contribution in [0.4, 0.5) is 11.4 Å². The predicted octanol–water partition coefficient (Wildman–Crippen LogP) is 4.18. The van der Waals surface area contributed by atoms with Crippen molar-refractivity contribution in [2.24, 2.45) is 0 Å². The van der Waals surface area contributed by atoms with E-state index in [1.54, 1.807) is 25.2 Å². The molecular formula is C18H17N3O3. The van der Waals surface area contributed by atoms with Gasteiger partial charge in [-0.1, -0.05) is 30.3 Å². The molecule has 0 saturated carbocycles. The summed E-state index contributed by atoms with van der Waals surface area (Å²) in [5.74, 6) is 0.161. The minimum Gasteiger partial charge on any atom is -0.507 e. The van der Waals surface area contributed by atoms with Crippen LogP contribution in [0.2, 0.25) is 0 Å². The molecule has 3 aromatic rings. The number of hydrogen-bond donors (Lipinski definition) is 3. The maximum atomic E-state index is 10.2. The Labute approximate surface area is 139 Å². The van der Waals surface area contributed by atoms with Crippen molar-refractivity contribution in [1.29, 1.82) is 5.41 Å². The molecule has 0 aliphatic carbocycles. The van der Waals surface area contributed by atoms with Crippen molar-refractivity contribution in [3.8, 4) is 5.75 Å². The van der Waals surface area contributed by atoms with E-state index in [0.29, 0.717) is 5.56 Å². The van der Waals surface area contributed by atoms with Gasteiger partial charge in [-0.3, -0.25) is 10.1 Å². The Morgan fingerprint density at radius 3 is 2.33 bits per heavy atom. The van der Waals surface area contributed by atoms with Crippen molar-refractivity contribution in [2.45, 2.75) is 0 Å². The minimum absolute atomic E-state index is 0.115. The lowest BCUT2D eigenvalue weighted by atomic mass is 10.0. The highest BCUT2D eigenvalue weighted by atomic mass is 16.6. The largest absolute Gasteiger partial charge is 0.507 e. The van der Waals surface area contributed by atoms with Crippen LogP contribution in [0, 0.1) is 15.5 Å². The van der Waals surface area contributed by atoms with E-state index in [1.807, 2.05) is 30.3 Å². The first-order valence-corrected chi connectivity index (χ1v) is 7.20. The number of nitro benzene ring substituents is 1. The van der Waals surface area contributed by atoms with Gasteiger partial charge in [-0.15, -0.1) is 0 Å². The van der Waals surface area contributed by atoms with Gasteiger partial charge >= 0.3 is 0 Å². The lowest BCUT2D eigenvalue weighted by molar-refractivity contribution is -0.384. The summed E-state index contributed by atoms with van der Waals surface area (Å²) in [7, 11) is 1.77. The van der Waals surface area contributed by atoms with Crippen molar-refractivity contribution >= 4 is 28.4 Å². The van der Waals surface area contributed by atoms with Gasteiger partial charge in [0.1, 0.15) is 5.75 Å². The molecule has 0 saturated heterocycles. The van der Waals surface area contributed by atoms with Gasteiger partial charge in [-0.2, -0.15) is 0 Å². The van der Waals surface area contributed by atoms with Gasteiger partial charge < -0.3 is 15.8 Å². The number of non-ortho nitro benzene ring substituents is 1. The molecule has 6 nitrogen and oxygen atoms in total. The summed E-state index contributed by atoms with van der Waals surface area (Å²) >= 11 is 0. The molecule has 24 heavy (non-hydrogen) atoms. The quantitative estimate of drug-likeness (QED) is 0.382. The molecule has 0 atom stereocenters. The number of fused-ring (bicyclic) bond motifs is 1. The third-order valence-electron chi connectivity index (χ3n) is 3.46. The molecule has 3 rings (SSSR count). The van der Waals surface area contributed by atoms with E-state index in [4.69, 9.17) is 5.41 Å². The van der Waals surface area contributed by atoms with Gasteiger partial charge in [0.05, 0.1) is 4.92 Å². The molecule has 3 aromatic carbocycles. The molecule has 0 unspecified atom stereocenters. The monoisotopic (exact) mass is 323 g/mol. The summed E-state index contributed by atoms with van der Waals surface area (Å²) in [5.41, 5.74) is 1.57. The van der Waals surface area contributed by atoms with Gasteiger partial charge in [-0.05, 0) is 29.0 Å². The van der Waals surface area contributed by atoms with E-state index in [1.165, 1.54) is 18.3 Å². The van der Waals surface area contributed by atoms with Gasteiger partial charge in [0, 0.05) is 36.6 Å². The number of phenols is 1. The van der Waals surface area contributed by atoms with Crippen molar-refractivity contribution in [3.63, 3.8) is 0 Å². The van der Waals surface area contributed by atoms with Crippen LogP contribution in [-0.4, -0.2) is 23.3 Å². The van der Waals surface area contributed by atoms with Crippen LogP contribution in [0.15, 0.2) is 60.7 Å². The van der Waals surface area contributed by atoms with Crippen LogP contribution < -0.4 is 5.32 Å². The van der Waals surface area contributed by atoms with Crippen molar-refractivity contribution in [1.82, 2.24) is 0 Å². The molecule has 0 bridgehead atoms. The van der Waals surface area contributed by atoms with Crippen molar-refractivity contribution in [2.75, 3.05) is 12.4 Å². The number of benzene rings is 3. The second-order valence-corrected chi connectivity index (χ2v) is 4.92. The van der Waals surface area contributed by atoms with Crippen LogP contribution >= 0.6 is 0 Å². The Morgan fingerprint density at radius 1 is 1.08 bits per heavy atom. The smallest absolute Gasteiger partial charge is 0.269 e. The van der Waals surface area contributed by atoms with Gasteiger partial charge in [0.25, 0.3) is 5.69 Å². The second-order valence-electron chi connectivity index (χ2n) is 4.92. The van der Waals surface area contributed by atoms with Gasteiger partial charge in [-0.25, -0.2) is 0 Å². The maximum absolute atomic E-state index is 10.2. The highest BCUT2D eigenvalue weighted by Crippen LogP contribution is 2.24. The lowest BCUT2D eigenvalue weighted by Gasteiger charge is -2.03. The molecular weight excluding hydrogens is 306 g/mol. The molecule has 0 spiro atoms. The third-order valence-corrected chi connectivity index (χ3v) is 3.46. The number of nitrogens with one attached hydrogen (secondary N) is 2. The standard InChI is InChI=1S/C11H9NO.C7H8N2O2/c12-7-10-9-4-2-1-3-8(9)5-6-11(10)13;1-8-6-2-4-7(5-3-6)9(10)11/h1-7,12-13H;2-5,8H,1H3. The molecule has 0 heterocycles. The van der Waals surface area contributed by atoms with Crippen molar-refractivity contribution < 1.29 is 10.0 Å². The maximum Gasteiger partial charge on any atom is 0.269 e. The van der Waals surface area contributed by atoms with E-state index >= 15 is 0 Å². The lowest BCUT2D eigenvalue weighted by Crippen LogP contribution is -1.89. The fraction of sp³-hybridized carbons (Fsp3) is 0.0556. The van der Waals surface area contributed by atoms with Gasteiger partial charge in [0.2, 0.25) is 0 Å². The highest BCUT2D eigenvalue weighted by molar-refractivity contribution is 6.01. The Hall–Kier alpha value is -3.41. The molecule has 0 aromatic heterocycles. The van der Waals surface area contributed by atoms with Crippen LogP contribution in [0.3, 0.4) is 0 Å². The first-order valence-electron chi connectivity index (χ1n) is 7.20. The Bertz CT molecular complexity index is 861. The topological polar surface area (TPSA) is 99.3 Å². The summed E-state index contributed by atoms with van der Waals surface area (Å²) in [6.07, 6.45) is 1.18. The zero-order valence-electron chi connectivity index (χ0n) is 13.1. The summed E-state index contributed by atoms with van der Waals surface area (Å²) in [5, 5.41) is 31.6. The van der Waals surface area contributed by atoms with E-state index in [9.17, 15) is 15.2 Å². The number of phenolic OH excluding ortho intramolecular Hbond substituents is 1. The molecule has 122 valence electrons. The first kappa shape index (κ1) is 17.0. The minimum atomic E-state index is -0.417. The zero-order valence-corrected chi connectivity index (χ0v) is 13.1. The highest BCUT2D eigenvalue weighted by Gasteiger charge is 2.03. The summed E-state index contributed by atoms with van der Waals surface area (Å²) in [6, 6.07) is 17.4. The molecule has 0 amide bonds. The fourth-order valence-electron chi connectivity index (χ4n) is 2.19. The Kier molecular flexibility index (Phi) is 5.46. The van der Waals surface area contributed by atoms with E-state index in [0.717, 1.165) is 16.5 Å². The predicted molar refractivity (Wildman–Crippen MR) is 96.1 cm³/mol. The fourth-order valence-corrected chi connectivity index (χ4v) is 2.19. The molecule has 0 aliphatic rings. The SMILES string of the molecule is CNc1ccc([N+](=O)[O-])cc1.N=Cc1c(O)ccc2ccccc12. The molecule has 3 N–H and O–H groups in total. The number of nitro groups is 1. The zero-order chi connectivity index (χ0) is 17.5. The second kappa shape index (κ2) is 7.73. The van der Waals surface area contributed by atoms with E-state index in [2.05, 4.69) is 5.32 Å². The number of anilines is 1. The molecule has 6 heteroatoms. The number of aromatic hydroxyl groups is 1. The summed E-state index contributed by atoms with van der Waals surface area (Å²) < 4.78 is 0. The van der Waals surface area contributed by atoms with E-state index < -0.39 is 4.92 Å². The molecule has 0 aliphatic heterocycles. The van der Waals surface area contributed by atoms with E-state index in [-0.39, 0.29) is 11.4 Å². The van der Waals surface area contributed by atoms with Crippen LogP contribution in [0.5, 0.6) is 5.75 Å². The van der Waals surface area contributed by atoms with Gasteiger partial charge in [0.15, 0.2) is 0 Å². The molecule has 0 fully saturated rings. The van der Waals surface area contributed by atoms with Crippen LogP contribution in [0.25, 0.3) is 10.8 Å². The average molecular weight is 323 g/mol. The summed E-state index contributed by atoms with van der Waals surface area (Å²) in [4.78, 5) is 9.77.